The van der Waals surface area contributed by atoms with E-state index in [1.54, 1.807) is 24.3 Å². The van der Waals surface area contributed by atoms with Crippen molar-refractivity contribution in [1.82, 2.24) is 0 Å². The number of hydrogen-bond acceptors (Lipinski definition) is 7. The third kappa shape index (κ3) is 3.73. The van der Waals surface area contributed by atoms with Crippen LogP contribution in [0.4, 0.5) is 0 Å². The van der Waals surface area contributed by atoms with E-state index in [2.05, 4.69) is 0 Å². The first-order valence-corrected chi connectivity index (χ1v) is 8.31. The Balaban J connectivity index is 1.75. The van der Waals surface area contributed by atoms with Crippen LogP contribution in [0.5, 0.6) is 5.75 Å². The SMILES string of the molecule is OCc1ccccc1-c1ccc(O[C@H]2O[C@H](CO)[C@@H](O)[C@H](O)[C@@H]2O)cc1. The van der Waals surface area contributed by atoms with Crippen molar-refractivity contribution >= 4 is 0 Å². The molecule has 1 heterocycles. The second-order valence-corrected chi connectivity index (χ2v) is 6.15. The largest absolute Gasteiger partial charge is 0.462 e. The summed E-state index contributed by atoms with van der Waals surface area (Å²) in [5, 5.41) is 48.2. The summed E-state index contributed by atoms with van der Waals surface area (Å²) >= 11 is 0. The molecule has 0 unspecified atom stereocenters. The summed E-state index contributed by atoms with van der Waals surface area (Å²) in [6.07, 6.45) is -6.60. The first kappa shape index (κ1) is 18.8. The minimum atomic E-state index is -1.48. The van der Waals surface area contributed by atoms with Crippen molar-refractivity contribution in [2.45, 2.75) is 37.3 Å². The van der Waals surface area contributed by atoms with Gasteiger partial charge in [-0.1, -0.05) is 36.4 Å². The zero-order valence-corrected chi connectivity index (χ0v) is 14.0. The molecule has 1 saturated heterocycles. The molecule has 2 aromatic rings. The Morgan fingerprint density at radius 1 is 0.846 bits per heavy atom. The zero-order chi connectivity index (χ0) is 18.7. The van der Waals surface area contributed by atoms with Crippen LogP contribution in [0.1, 0.15) is 5.56 Å². The van der Waals surface area contributed by atoms with Crippen molar-refractivity contribution in [2.24, 2.45) is 0 Å². The standard InChI is InChI=1S/C19H22O7/c20-9-12-3-1-2-4-14(12)11-5-7-13(8-6-11)25-19-18(24)17(23)16(22)15(10-21)26-19/h1-8,15-24H,9-10H2/t15-,16-,17+,18+,19+/m1/s1. The molecule has 1 aliphatic rings. The fourth-order valence-corrected chi connectivity index (χ4v) is 2.95. The fourth-order valence-electron chi connectivity index (χ4n) is 2.95. The summed E-state index contributed by atoms with van der Waals surface area (Å²) < 4.78 is 10.9. The van der Waals surface area contributed by atoms with E-state index in [9.17, 15) is 25.5 Å². The molecule has 0 amide bonds. The van der Waals surface area contributed by atoms with Gasteiger partial charge in [0, 0.05) is 0 Å². The van der Waals surface area contributed by atoms with Gasteiger partial charge in [0.2, 0.25) is 6.29 Å². The number of aliphatic hydroxyl groups excluding tert-OH is 5. The molecule has 0 saturated carbocycles. The third-order valence-electron chi connectivity index (χ3n) is 4.45. The molecular formula is C19H22O7. The summed E-state index contributed by atoms with van der Waals surface area (Å²) in [4.78, 5) is 0. The Kier molecular flexibility index (Phi) is 5.87. The second-order valence-electron chi connectivity index (χ2n) is 6.15. The highest BCUT2D eigenvalue weighted by atomic mass is 16.7. The highest BCUT2D eigenvalue weighted by Crippen LogP contribution is 2.28. The van der Waals surface area contributed by atoms with Crippen molar-refractivity contribution in [3.8, 4) is 16.9 Å². The molecule has 5 atom stereocenters. The minimum absolute atomic E-state index is 0.0701. The number of benzene rings is 2. The van der Waals surface area contributed by atoms with Crippen LogP contribution in [0.2, 0.25) is 0 Å². The molecular weight excluding hydrogens is 340 g/mol. The Labute approximate surface area is 150 Å². The molecule has 0 aromatic heterocycles. The van der Waals surface area contributed by atoms with E-state index >= 15 is 0 Å². The highest BCUT2D eigenvalue weighted by molar-refractivity contribution is 5.67. The molecule has 1 fully saturated rings. The topological polar surface area (TPSA) is 120 Å². The molecule has 0 bridgehead atoms. The van der Waals surface area contributed by atoms with E-state index in [4.69, 9.17) is 9.47 Å². The third-order valence-corrected chi connectivity index (χ3v) is 4.45. The van der Waals surface area contributed by atoms with Gasteiger partial charge in [-0.25, -0.2) is 0 Å². The monoisotopic (exact) mass is 362 g/mol. The van der Waals surface area contributed by atoms with Crippen LogP contribution >= 0.6 is 0 Å². The van der Waals surface area contributed by atoms with Gasteiger partial charge in [0.25, 0.3) is 0 Å². The van der Waals surface area contributed by atoms with Crippen LogP contribution in [0.3, 0.4) is 0 Å². The van der Waals surface area contributed by atoms with Gasteiger partial charge in [0.05, 0.1) is 13.2 Å². The van der Waals surface area contributed by atoms with Gasteiger partial charge in [-0.15, -0.1) is 0 Å². The highest BCUT2D eigenvalue weighted by Gasteiger charge is 2.44. The van der Waals surface area contributed by atoms with Crippen LogP contribution in [0.25, 0.3) is 11.1 Å². The summed E-state index contributed by atoms with van der Waals surface area (Å²) in [7, 11) is 0. The molecule has 2 aromatic carbocycles. The van der Waals surface area contributed by atoms with Gasteiger partial charge < -0.3 is 35.0 Å². The first-order valence-electron chi connectivity index (χ1n) is 8.31. The number of hydrogen-bond donors (Lipinski definition) is 5. The lowest BCUT2D eigenvalue weighted by atomic mass is 9.99. The first-order chi connectivity index (χ1) is 12.5. The Morgan fingerprint density at radius 2 is 1.54 bits per heavy atom. The van der Waals surface area contributed by atoms with Gasteiger partial charge in [0.1, 0.15) is 30.2 Å². The molecule has 0 radical (unpaired) electrons. The molecule has 0 spiro atoms. The Morgan fingerprint density at radius 3 is 2.19 bits per heavy atom. The fraction of sp³-hybridized carbons (Fsp3) is 0.368. The molecule has 7 heteroatoms. The maximum absolute atomic E-state index is 10.0. The quantitative estimate of drug-likeness (QED) is 0.509. The van der Waals surface area contributed by atoms with E-state index in [0.29, 0.717) is 5.75 Å². The summed E-state index contributed by atoms with van der Waals surface area (Å²) in [6.45, 7) is -0.582. The lowest BCUT2D eigenvalue weighted by molar-refractivity contribution is -0.277. The molecule has 26 heavy (non-hydrogen) atoms. The molecule has 7 nitrogen and oxygen atoms in total. The molecule has 3 rings (SSSR count). The minimum Gasteiger partial charge on any atom is -0.462 e. The predicted molar refractivity (Wildman–Crippen MR) is 92.2 cm³/mol. The average Bonchev–Trinajstić information content (AvgIpc) is 2.69. The zero-order valence-electron chi connectivity index (χ0n) is 14.0. The maximum Gasteiger partial charge on any atom is 0.229 e. The molecule has 1 aliphatic heterocycles. The van der Waals surface area contributed by atoms with E-state index in [0.717, 1.165) is 16.7 Å². The van der Waals surface area contributed by atoms with Gasteiger partial charge in [-0.3, -0.25) is 0 Å². The number of rotatable bonds is 5. The van der Waals surface area contributed by atoms with Crippen molar-refractivity contribution in [2.75, 3.05) is 6.61 Å². The van der Waals surface area contributed by atoms with Crippen LogP contribution in [0, 0.1) is 0 Å². The lowest BCUT2D eigenvalue weighted by Crippen LogP contribution is -2.60. The maximum atomic E-state index is 10.0. The van der Waals surface area contributed by atoms with Gasteiger partial charge in [-0.05, 0) is 28.8 Å². The number of ether oxygens (including phenoxy) is 2. The van der Waals surface area contributed by atoms with Gasteiger partial charge in [0.15, 0.2) is 0 Å². The molecule has 140 valence electrons. The smallest absolute Gasteiger partial charge is 0.229 e. The summed E-state index contributed by atoms with van der Waals surface area (Å²) in [6, 6.07) is 14.4. The normalized spacial score (nSPS) is 28.7. The van der Waals surface area contributed by atoms with E-state index in [-0.39, 0.29) is 6.61 Å². The Bertz CT molecular complexity index is 716. The second kappa shape index (κ2) is 8.13. The summed E-state index contributed by atoms with van der Waals surface area (Å²) in [5.41, 5.74) is 2.58. The van der Waals surface area contributed by atoms with E-state index < -0.39 is 37.3 Å². The summed E-state index contributed by atoms with van der Waals surface area (Å²) in [5.74, 6) is 0.388. The van der Waals surface area contributed by atoms with Crippen LogP contribution in [-0.4, -0.2) is 62.8 Å². The van der Waals surface area contributed by atoms with Gasteiger partial charge in [-0.2, -0.15) is 0 Å². The molecule has 0 aliphatic carbocycles. The number of aliphatic hydroxyl groups is 5. The van der Waals surface area contributed by atoms with E-state index in [1.807, 2.05) is 24.3 Å². The van der Waals surface area contributed by atoms with E-state index in [1.165, 1.54) is 0 Å². The van der Waals surface area contributed by atoms with Crippen LogP contribution in [0.15, 0.2) is 48.5 Å². The van der Waals surface area contributed by atoms with Crippen molar-refractivity contribution in [3.05, 3.63) is 54.1 Å². The average molecular weight is 362 g/mol. The van der Waals surface area contributed by atoms with Crippen molar-refractivity contribution in [1.29, 1.82) is 0 Å². The lowest BCUT2D eigenvalue weighted by Gasteiger charge is -2.39. The predicted octanol–water partition coefficient (Wildman–Crippen LogP) is 0.0246. The Hall–Kier alpha value is -2.00. The van der Waals surface area contributed by atoms with Gasteiger partial charge >= 0.3 is 0 Å². The van der Waals surface area contributed by atoms with Crippen molar-refractivity contribution in [3.63, 3.8) is 0 Å². The van der Waals surface area contributed by atoms with Crippen molar-refractivity contribution < 1.29 is 35.0 Å². The van der Waals surface area contributed by atoms with Crippen LogP contribution in [-0.2, 0) is 11.3 Å². The molecule has 5 N–H and O–H groups in total. The van der Waals surface area contributed by atoms with Crippen LogP contribution < -0.4 is 4.74 Å².